The van der Waals surface area contributed by atoms with Crippen LogP contribution >= 0.6 is 0 Å². The van der Waals surface area contributed by atoms with Gasteiger partial charge < -0.3 is 10.6 Å². The van der Waals surface area contributed by atoms with E-state index in [0.29, 0.717) is 6.67 Å². The number of para-hydroxylation sites is 1. The monoisotopic (exact) mass is 175 g/mol. The van der Waals surface area contributed by atoms with Gasteiger partial charge in [0.15, 0.2) is 0 Å². The highest BCUT2D eigenvalue weighted by Crippen LogP contribution is 2.19. The molecule has 0 amide bonds. The van der Waals surface area contributed by atoms with Gasteiger partial charge in [-0.1, -0.05) is 18.2 Å². The summed E-state index contributed by atoms with van der Waals surface area (Å²) in [6.45, 7) is 2.29. The van der Waals surface area contributed by atoms with Crippen molar-refractivity contribution in [1.82, 2.24) is 0 Å². The molecule has 2 rings (SSSR count). The largest absolute Gasteiger partial charge is 0.357 e. The first-order chi connectivity index (χ1) is 6.42. The number of anilines is 1. The molecule has 0 saturated heterocycles. The zero-order valence-electron chi connectivity index (χ0n) is 7.48. The van der Waals surface area contributed by atoms with Crippen LogP contribution in [0.5, 0.6) is 0 Å². The molecule has 13 heavy (non-hydrogen) atoms. The molecule has 1 aromatic rings. The number of benzene rings is 1. The van der Waals surface area contributed by atoms with Crippen LogP contribution in [0.1, 0.15) is 5.56 Å². The van der Waals surface area contributed by atoms with Crippen molar-refractivity contribution in [3.63, 3.8) is 0 Å². The highest BCUT2D eigenvalue weighted by Gasteiger charge is 2.09. The van der Waals surface area contributed by atoms with Crippen LogP contribution in [-0.2, 0) is 0 Å². The first-order valence-corrected chi connectivity index (χ1v) is 4.45. The molecule has 0 atom stereocenters. The van der Waals surface area contributed by atoms with E-state index in [1.807, 2.05) is 18.3 Å². The van der Waals surface area contributed by atoms with Crippen molar-refractivity contribution in [3.8, 4) is 0 Å². The van der Waals surface area contributed by atoms with E-state index >= 15 is 0 Å². The predicted octanol–water partition coefficient (Wildman–Crippen LogP) is 0.842. The molecule has 68 valence electrons. The third-order valence-electron chi connectivity index (χ3n) is 2.23. The third-order valence-corrected chi connectivity index (χ3v) is 2.23. The Labute approximate surface area is 77.9 Å². The average molecular weight is 175 g/mol. The van der Waals surface area contributed by atoms with Crippen molar-refractivity contribution >= 4 is 11.9 Å². The van der Waals surface area contributed by atoms with E-state index in [4.69, 9.17) is 5.73 Å². The average Bonchev–Trinajstić information content (AvgIpc) is 2.39. The Morgan fingerprint density at radius 1 is 1.38 bits per heavy atom. The van der Waals surface area contributed by atoms with E-state index in [-0.39, 0.29) is 0 Å². The van der Waals surface area contributed by atoms with Crippen molar-refractivity contribution < 1.29 is 0 Å². The molecule has 0 aromatic heterocycles. The van der Waals surface area contributed by atoms with Gasteiger partial charge in [-0.15, -0.1) is 0 Å². The topological polar surface area (TPSA) is 41.6 Å². The van der Waals surface area contributed by atoms with Crippen molar-refractivity contribution in [3.05, 3.63) is 29.8 Å². The van der Waals surface area contributed by atoms with Crippen LogP contribution in [0.3, 0.4) is 0 Å². The quantitative estimate of drug-likeness (QED) is 0.687. The second kappa shape index (κ2) is 3.58. The van der Waals surface area contributed by atoms with Gasteiger partial charge in [0.2, 0.25) is 0 Å². The van der Waals surface area contributed by atoms with Gasteiger partial charge in [0.1, 0.15) is 0 Å². The molecular weight excluding hydrogens is 162 g/mol. The zero-order valence-corrected chi connectivity index (χ0v) is 7.48. The Morgan fingerprint density at radius 2 is 2.23 bits per heavy atom. The molecule has 0 bridgehead atoms. The zero-order chi connectivity index (χ0) is 9.10. The van der Waals surface area contributed by atoms with Crippen LogP contribution in [0.4, 0.5) is 5.69 Å². The maximum absolute atomic E-state index is 5.66. The second-order valence-corrected chi connectivity index (χ2v) is 3.04. The summed E-state index contributed by atoms with van der Waals surface area (Å²) in [4.78, 5) is 6.43. The number of fused-ring (bicyclic) bond motifs is 1. The van der Waals surface area contributed by atoms with Gasteiger partial charge in [-0.3, -0.25) is 4.99 Å². The Hall–Kier alpha value is -1.35. The van der Waals surface area contributed by atoms with Crippen LogP contribution in [0, 0.1) is 0 Å². The van der Waals surface area contributed by atoms with Crippen molar-refractivity contribution in [2.75, 3.05) is 24.7 Å². The Kier molecular flexibility index (Phi) is 2.27. The number of rotatable bonds is 1. The lowest BCUT2D eigenvalue weighted by atomic mass is 10.2. The van der Waals surface area contributed by atoms with Gasteiger partial charge in [0.25, 0.3) is 0 Å². The standard InChI is InChI=1S/C10H13N3/c11-8-13-6-5-12-7-9-3-1-2-4-10(9)13/h1-4,7H,5-6,8,11H2. The Balaban J connectivity index is 2.43. The van der Waals surface area contributed by atoms with Crippen molar-refractivity contribution in [2.24, 2.45) is 10.7 Å². The van der Waals surface area contributed by atoms with E-state index in [1.54, 1.807) is 0 Å². The summed E-state index contributed by atoms with van der Waals surface area (Å²) < 4.78 is 0. The summed E-state index contributed by atoms with van der Waals surface area (Å²) in [7, 11) is 0. The molecule has 0 saturated carbocycles. The van der Waals surface area contributed by atoms with Gasteiger partial charge >= 0.3 is 0 Å². The highest BCUT2D eigenvalue weighted by molar-refractivity contribution is 5.88. The van der Waals surface area contributed by atoms with Crippen LogP contribution in [0.15, 0.2) is 29.3 Å². The fourth-order valence-corrected chi connectivity index (χ4v) is 1.54. The second-order valence-electron chi connectivity index (χ2n) is 3.04. The van der Waals surface area contributed by atoms with E-state index in [1.165, 1.54) is 5.69 Å². The molecule has 0 radical (unpaired) electrons. The molecule has 1 heterocycles. The number of hydrogen-bond acceptors (Lipinski definition) is 3. The van der Waals surface area contributed by atoms with E-state index < -0.39 is 0 Å². The number of nitrogens with zero attached hydrogens (tertiary/aromatic N) is 2. The molecule has 1 aliphatic rings. The lowest BCUT2D eigenvalue weighted by molar-refractivity contribution is 0.808. The van der Waals surface area contributed by atoms with Crippen LogP contribution in [-0.4, -0.2) is 26.0 Å². The van der Waals surface area contributed by atoms with E-state index in [0.717, 1.165) is 18.7 Å². The van der Waals surface area contributed by atoms with Crippen LogP contribution < -0.4 is 10.6 Å². The summed E-state index contributed by atoms with van der Waals surface area (Å²) in [5.41, 5.74) is 8.00. The SMILES string of the molecule is NCN1CCN=Cc2ccccc21. The molecule has 0 unspecified atom stereocenters. The van der Waals surface area contributed by atoms with Gasteiger partial charge in [-0.25, -0.2) is 0 Å². The molecule has 2 N–H and O–H groups in total. The normalized spacial score (nSPS) is 15.3. The minimum absolute atomic E-state index is 0.556. The number of nitrogens with two attached hydrogens (primary N) is 1. The predicted molar refractivity (Wildman–Crippen MR) is 55.3 cm³/mol. The highest BCUT2D eigenvalue weighted by atomic mass is 15.2. The van der Waals surface area contributed by atoms with Crippen LogP contribution in [0.25, 0.3) is 0 Å². The summed E-state index contributed by atoms with van der Waals surface area (Å²) >= 11 is 0. The summed E-state index contributed by atoms with van der Waals surface area (Å²) in [6, 6.07) is 8.19. The number of hydrogen-bond donors (Lipinski definition) is 1. The Morgan fingerprint density at radius 3 is 3.08 bits per heavy atom. The van der Waals surface area contributed by atoms with Gasteiger partial charge in [-0.2, -0.15) is 0 Å². The van der Waals surface area contributed by atoms with Crippen molar-refractivity contribution in [1.29, 1.82) is 0 Å². The summed E-state index contributed by atoms with van der Waals surface area (Å²) in [5.74, 6) is 0. The van der Waals surface area contributed by atoms with Gasteiger partial charge in [-0.05, 0) is 6.07 Å². The number of benzodiazepines with no additional fused rings is 1. The minimum atomic E-state index is 0.556. The molecule has 0 aliphatic carbocycles. The lowest BCUT2D eigenvalue weighted by Gasteiger charge is -2.21. The molecular formula is C10H13N3. The van der Waals surface area contributed by atoms with Gasteiger partial charge in [0, 0.05) is 24.0 Å². The number of aliphatic imine (C=N–C) groups is 1. The fraction of sp³-hybridized carbons (Fsp3) is 0.300. The Bertz CT molecular complexity index is 320. The molecule has 0 fully saturated rings. The smallest absolute Gasteiger partial charge is 0.0658 e. The maximum Gasteiger partial charge on any atom is 0.0658 e. The first kappa shape index (κ1) is 8.26. The third kappa shape index (κ3) is 1.55. The molecule has 3 nitrogen and oxygen atoms in total. The van der Waals surface area contributed by atoms with Crippen molar-refractivity contribution in [2.45, 2.75) is 0 Å². The summed E-state index contributed by atoms with van der Waals surface area (Å²) in [5, 5.41) is 0. The molecule has 0 spiro atoms. The minimum Gasteiger partial charge on any atom is -0.357 e. The maximum atomic E-state index is 5.66. The lowest BCUT2D eigenvalue weighted by Crippen LogP contribution is -2.31. The first-order valence-electron chi connectivity index (χ1n) is 4.45. The molecule has 3 heteroatoms. The van der Waals surface area contributed by atoms with Gasteiger partial charge in [0.05, 0.1) is 13.2 Å². The molecule has 1 aromatic carbocycles. The fourth-order valence-electron chi connectivity index (χ4n) is 1.54. The summed E-state index contributed by atoms with van der Waals surface area (Å²) in [6.07, 6.45) is 1.92. The van der Waals surface area contributed by atoms with E-state index in [9.17, 15) is 0 Å². The molecule has 1 aliphatic heterocycles. The van der Waals surface area contributed by atoms with Crippen LogP contribution in [0.2, 0.25) is 0 Å². The van der Waals surface area contributed by atoms with E-state index in [2.05, 4.69) is 22.0 Å².